The van der Waals surface area contributed by atoms with Gasteiger partial charge in [0.05, 0.1) is 0 Å². The lowest BCUT2D eigenvalue weighted by Crippen LogP contribution is -2.52. The highest BCUT2D eigenvalue weighted by atomic mass is 79.9. The van der Waals surface area contributed by atoms with E-state index in [1.807, 2.05) is 72.8 Å². The SMILES string of the molecule is O=C(NC1CCCCC1)[C@@H](Cc1ccccc1)N(Cc1cccc(Br)c1)C(=O)CCc1ccc2c(c1)OCO2. The van der Waals surface area contributed by atoms with Crippen LogP contribution in [0, 0.1) is 0 Å². The average molecular weight is 592 g/mol. The second kappa shape index (κ2) is 13.2. The van der Waals surface area contributed by atoms with E-state index >= 15 is 0 Å². The molecule has 2 aliphatic rings. The molecule has 0 bridgehead atoms. The smallest absolute Gasteiger partial charge is 0.243 e. The number of halogens is 1. The largest absolute Gasteiger partial charge is 0.454 e. The van der Waals surface area contributed by atoms with E-state index in [1.54, 1.807) is 4.90 Å². The van der Waals surface area contributed by atoms with Crippen LogP contribution >= 0.6 is 15.9 Å². The number of nitrogens with zero attached hydrogens (tertiary/aromatic N) is 1. The topological polar surface area (TPSA) is 67.9 Å². The van der Waals surface area contributed by atoms with Gasteiger partial charge in [-0.1, -0.05) is 83.7 Å². The molecule has 1 fully saturated rings. The van der Waals surface area contributed by atoms with Gasteiger partial charge < -0.3 is 19.7 Å². The van der Waals surface area contributed by atoms with Crippen molar-refractivity contribution in [3.8, 4) is 11.5 Å². The first-order chi connectivity index (χ1) is 19.0. The summed E-state index contributed by atoms with van der Waals surface area (Å²) < 4.78 is 11.9. The van der Waals surface area contributed by atoms with Gasteiger partial charge in [-0.25, -0.2) is 0 Å². The highest BCUT2D eigenvalue weighted by Crippen LogP contribution is 2.33. The quantitative estimate of drug-likeness (QED) is 0.305. The van der Waals surface area contributed by atoms with Crippen molar-refractivity contribution in [2.45, 2.75) is 70.0 Å². The minimum atomic E-state index is -0.613. The Balaban J connectivity index is 1.40. The van der Waals surface area contributed by atoms with E-state index in [0.29, 0.717) is 25.1 Å². The molecule has 0 radical (unpaired) electrons. The third-order valence-corrected chi connectivity index (χ3v) is 8.02. The second-order valence-corrected chi connectivity index (χ2v) is 11.3. The van der Waals surface area contributed by atoms with Crippen LogP contribution in [0.5, 0.6) is 11.5 Å². The monoisotopic (exact) mass is 590 g/mol. The molecule has 5 rings (SSSR count). The first-order valence-corrected chi connectivity index (χ1v) is 14.6. The number of hydrogen-bond acceptors (Lipinski definition) is 4. The van der Waals surface area contributed by atoms with E-state index in [4.69, 9.17) is 9.47 Å². The maximum absolute atomic E-state index is 13.9. The van der Waals surface area contributed by atoms with Crippen LogP contribution in [0.1, 0.15) is 55.2 Å². The molecular weight excluding hydrogens is 556 g/mol. The number of nitrogens with one attached hydrogen (secondary N) is 1. The maximum atomic E-state index is 13.9. The van der Waals surface area contributed by atoms with Crippen LogP contribution in [0.4, 0.5) is 0 Å². The highest BCUT2D eigenvalue weighted by Gasteiger charge is 2.32. The predicted octanol–water partition coefficient (Wildman–Crippen LogP) is 6.20. The molecule has 0 unspecified atom stereocenters. The summed E-state index contributed by atoms with van der Waals surface area (Å²) in [6.07, 6.45) is 6.76. The van der Waals surface area contributed by atoms with Gasteiger partial charge in [-0.3, -0.25) is 9.59 Å². The molecule has 1 heterocycles. The number of ether oxygens (including phenoxy) is 2. The van der Waals surface area contributed by atoms with Crippen molar-refractivity contribution in [2.24, 2.45) is 0 Å². The molecule has 1 aliphatic heterocycles. The van der Waals surface area contributed by atoms with E-state index in [-0.39, 0.29) is 31.1 Å². The summed E-state index contributed by atoms with van der Waals surface area (Å²) in [5, 5.41) is 3.30. The summed E-state index contributed by atoms with van der Waals surface area (Å²) in [6.45, 7) is 0.574. The minimum Gasteiger partial charge on any atom is -0.454 e. The van der Waals surface area contributed by atoms with Crippen LogP contribution in [-0.2, 0) is 29.0 Å². The van der Waals surface area contributed by atoms with Crippen molar-refractivity contribution in [1.29, 1.82) is 0 Å². The zero-order chi connectivity index (χ0) is 27.0. The molecule has 1 N–H and O–H groups in total. The predicted molar refractivity (Wildman–Crippen MR) is 155 cm³/mol. The number of benzene rings is 3. The molecule has 1 saturated carbocycles. The Morgan fingerprint density at radius 3 is 2.44 bits per heavy atom. The van der Waals surface area contributed by atoms with Gasteiger partial charge in [0.2, 0.25) is 18.6 Å². The van der Waals surface area contributed by atoms with E-state index in [0.717, 1.165) is 52.6 Å². The number of amides is 2. The van der Waals surface area contributed by atoms with Crippen molar-refractivity contribution in [1.82, 2.24) is 10.2 Å². The van der Waals surface area contributed by atoms with Crippen LogP contribution in [0.2, 0.25) is 0 Å². The molecule has 3 aromatic rings. The Hall–Kier alpha value is -3.32. The van der Waals surface area contributed by atoms with Crippen LogP contribution in [0.25, 0.3) is 0 Å². The number of carbonyl (C=O) groups is 2. The third-order valence-electron chi connectivity index (χ3n) is 7.53. The first-order valence-electron chi connectivity index (χ1n) is 13.8. The molecule has 0 aromatic heterocycles. The first kappa shape index (κ1) is 27.3. The lowest BCUT2D eigenvalue weighted by molar-refractivity contribution is -0.141. The molecule has 39 heavy (non-hydrogen) atoms. The normalized spacial score (nSPS) is 15.5. The van der Waals surface area contributed by atoms with Crippen molar-refractivity contribution >= 4 is 27.7 Å². The fourth-order valence-electron chi connectivity index (χ4n) is 5.42. The van der Waals surface area contributed by atoms with Crippen molar-refractivity contribution < 1.29 is 19.1 Å². The highest BCUT2D eigenvalue weighted by molar-refractivity contribution is 9.10. The lowest BCUT2D eigenvalue weighted by atomic mass is 9.94. The van der Waals surface area contributed by atoms with Crippen LogP contribution in [0.3, 0.4) is 0 Å². The van der Waals surface area contributed by atoms with Crippen LogP contribution in [0.15, 0.2) is 77.3 Å². The summed E-state index contributed by atoms with van der Waals surface area (Å²) in [5.74, 6) is 1.31. The van der Waals surface area contributed by atoms with Gasteiger partial charge in [-0.15, -0.1) is 0 Å². The Bertz CT molecular complexity index is 1280. The fourth-order valence-corrected chi connectivity index (χ4v) is 5.87. The Kier molecular flexibility index (Phi) is 9.19. The van der Waals surface area contributed by atoms with Gasteiger partial charge >= 0.3 is 0 Å². The Morgan fingerprint density at radius 2 is 1.64 bits per heavy atom. The average Bonchev–Trinajstić information content (AvgIpc) is 3.43. The summed E-state index contributed by atoms with van der Waals surface area (Å²) in [5.41, 5.74) is 3.01. The van der Waals surface area contributed by atoms with Gasteiger partial charge in [-0.2, -0.15) is 0 Å². The Morgan fingerprint density at radius 1 is 0.872 bits per heavy atom. The van der Waals surface area contributed by atoms with Crippen molar-refractivity contribution in [3.63, 3.8) is 0 Å². The molecule has 1 aliphatic carbocycles. The zero-order valence-corrected chi connectivity index (χ0v) is 23.7. The number of carbonyl (C=O) groups excluding carboxylic acids is 2. The van der Waals surface area contributed by atoms with Gasteiger partial charge in [0.1, 0.15) is 6.04 Å². The summed E-state index contributed by atoms with van der Waals surface area (Å²) >= 11 is 3.56. The third kappa shape index (κ3) is 7.41. The molecule has 1 atom stereocenters. The summed E-state index contributed by atoms with van der Waals surface area (Å²) in [4.78, 5) is 29.6. The summed E-state index contributed by atoms with van der Waals surface area (Å²) in [6, 6.07) is 23.3. The number of aryl methyl sites for hydroxylation is 1. The number of rotatable bonds is 10. The van der Waals surface area contributed by atoms with Gasteiger partial charge in [0, 0.05) is 29.9 Å². The van der Waals surface area contributed by atoms with Gasteiger partial charge in [0.15, 0.2) is 11.5 Å². The lowest BCUT2D eigenvalue weighted by Gasteiger charge is -2.33. The molecule has 0 spiro atoms. The molecule has 2 amide bonds. The number of fused-ring (bicyclic) bond motifs is 1. The van der Waals surface area contributed by atoms with E-state index in [2.05, 4.69) is 21.2 Å². The molecule has 3 aromatic carbocycles. The minimum absolute atomic E-state index is 0.0487. The van der Waals surface area contributed by atoms with Crippen molar-refractivity contribution in [2.75, 3.05) is 6.79 Å². The standard InChI is InChI=1S/C32H35BrN2O4/c33-26-11-7-10-25(18-26)21-35(31(36)17-15-24-14-16-29-30(20-24)39-22-38-29)28(19-23-8-3-1-4-9-23)32(37)34-27-12-5-2-6-13-27/h1,3-4,7-11,14,16,18,20,27-28H,2,5-6,12-13,15,17,19,21-22H2,(H,34,37)/t28-/m1/s1. The Labute approximate surface area is 238 Å². The second-order valence-electron chi connectivity index (χ2n) is 10.4. The molecule has 204 valence electrons. The van der Waals surface area contributed by atoms with E-state index in [9.17, 15) is 9.59 Å². The van der Waals surface area contributed by atoms with Crippen molar-refractivity contribution in [3.05, 3.63) is 94.0 Å². The number of hydrogen-bond donors (Lipinski definition) is 1. The zero-order valence-electron chi connectivity index (χ0n) is 22.1. The van der Waals surface area contributed by atoms with E-state index in [1.165, 1.54) is 6.42 Å². The van der Waals surface area contributed by atoms with Crippen LogP contribution in [-0.4, -0.2) is 35.6 Å². The van der Waals surface area contributed by atoms with E-state index < -0.39 is 6.04 Å². The van der Waals surface area contributed by atoms with Crippen LogP contribution < -0.4 is 14.8 Å². The van der Waals surface area contributed by atoms with Gasteiger partial charge in [-0.05, 0) is 60.2 Å². The molecule has 7 heteroatoms. The molecule has 6 nitrogen and oxygen atoms in total. The maximum Gasteiger partial charge on any atom is 0.243 e. The fraction of sp³-hybridized carbons (Fsp3) is 0.375. The molecular formula is C32H35BrN2O4. The van der Waals surface area contributed by atoms with Gasteiger partial charge in [0.25, 0.3) is 0 Å². The summed E-state index contributed by atoms with van der Waals surface area (Å²) in [7, 11) is 0. The molecule has 0 saturated heterocycles.